The van der Waals surface area contributed by atoms with E-state index in [-0.39, 0.29) is 5.82 Å². The minimum atomic E-state index is -0.319. The number of nitrogens with one attached hydrogen (secondary N) is 1. The predicted octanol–water partition coefficient (Wildman–Crippen LogP) is 5.37. The fourth-order valence-electron chi connectivity index (χ4n) is 1.74. The zero-order valence-corrected chi connectivity index (χ0v) is 12.5. The summed E-state index contributed by atoms with van der Waals surface area (Å²) in [5.74, 6) is 0.538. The molecule has 2 rings (SSSR count). The van der Waals surface area contributed by atoms with Crippen LogP contribution in [-0.2, 0) is 6.54 Å². The van der Waals surface area contributed by atoms with Gasteiger partial charge in [-0.25, -0.2) is 4.39 Å². The zero-order chi connectivity index (χ0) is 14.4. The van der Waals surface area contributed by atoms with Gasteiger partial charge in [0.25, 0.3) is 0 Å². The molecule has 0 heterocycles. The Hall–Kier alpha value is -1.45. The summed E-state index contributed by atoms with van der Waals surface area (Å²) in [5, 5.41) is 3.78. The predicted molar refractivity (Wildman–Crippen MR) is 86.1 cm³/mol. The minimum absolute atomic E-state index is 0.319. The molecular formula is C16H15ClFNS. The highest BCUT2D eigenvalue weighted by atomic mass is 35.5. The van der Waals surface area contributed by atoms with Gasteiger partial charge in [-0.05, 0) is 29.8 Å². The van der Waals surface area contributed by atoms with E-state index in [9.17, 15) is 4.39 Å². The van der Waals surface area contributed by atoms with Crippen LogP contribution in [0.15, 0.2) is 60.0 Å². The molecule has 0 bridgehead atoms. The molecule has 4 heteroatoms. The summed E-state index contributed by atoms with van der Waals surface area (Å²) in [6, 6.07) is 12.5. The van der Waals surface area contributed by atoms with Crippen LogP contribution in [-0.4, -0.2) is 5.75 Å². The van der Waals surface area contributed by atoms with Crippen molar-refractivity contribution in [3.05, 3.63) is 71.5 Å². The molecule has 0 aliphatic rings. The Morgan fingerprint density at radius 3 is 2.80 bits per heavy atom. The fraction of sp³-hybridized carbons (Fsp3) is 0.125. The Balaban J connectivity index is 2.08. The fourth-order valence-corrected chi connectivity index (χ4v) is 2.74. The molecular weight excluding hydrogens is 293 g/mol. The number of hydrogen-bond donors (Lipinski definition) is 1. The molecule has 20 heavy (non-hydrogen) atoms. The van der Waals surface area contributed by atoms with E-state index in [2.05, 4.69) is 18.0 Å². The topological polar surface area (TPSA) is 12.0 Å². The average molecular weight is 308 g/mol. The van der Waals surface area contributed by atoms with Crippen LogP contribution in [0.25, 0.3) is 0 Å². The van der Waals surface area contributed by atoms with E-state index >= 15 is 0 Å². The summed E-state index contributed by atoms with van der Waals surface area (Å²) in [4.78, 5) is 1.16. The molecule has 0 atom stereocenters. The van der Waals surface area contributed by atoms with Crippen molar-refractivity contribution >= 4 is 29.1 Å². The van der Waals surface area contributed by atoms with Gasteiger partial charge in [-0.1, -0.05) is 35.9 Å². The van der Waals surface area contributed by atoms with Crippen LogP contribution >= 0.6 is 23.4 Å². The Labute approximate surface area is 127 Å². The maximum atomic E-state index is 13.0. The lowest BCUT2D eigenvalue weighted by molar-refractivity contribution is 0.627. The summed E-state index contributed by atoms with van der Waals surface area (Å²) in [6.45, 7) is 4.28. The minimum Gasteiger partial charge on any atom is -0.380 e. The van der Waals surface area contributed by atoms with Gasteiger partial charge in [0, 0.05) is 27.9 Å². The van der Waals surface area contributed by atoms with E-state index in [1.807, 2.05) is 24.3 Å². The van der Waals surface area contributed by atoms with Crippen LogP contribution in [0, 0.1) is 5.82 Å². The smallest absolute Gasteiger partial charge is 0.124 e. The molecule has 0 unspecified atom stereocenters. The summed E-state index contributed by atoms with van der Waals surface area (Å²) in [6.07, 6.45) is 1.87. The van der Waals surface area contributed by atoms with E-state index in [1.165, 1.54) is 12.1 Å². The van der Waals surface area contributed by atoms with Gasteiger partial charge >= 0.3 is 0 Å². The van der Waals surface area contributed by atoms with Gasteiger partial charge in [-0.2, -0.15) is 0 Å². The van der Waals surface area contributed by atoms with Crippen molar-refractivity contribution < 1.29 is 4.39 Å². The molecule has 1 N–H and O–H groups in total. The quantitative estimate of drug-likeness (QED) is 0.569. The van der Waals surface area contributed by atoms with Crippen LogP contribution in [0.2, 0.25) is 5.02 Å². The van der Waals surface area contributed by atoms with Crippen LogP contribution in [0.4, 0.5) is 10.1 Å². The van der Waals surface area contributed by atoms with Gasteiger partial charge in [0.1, 0.15) is 5.82 Å². The second kappa shape index (κ2) is 7.36. The van der Waals surface area contributed by atoms with E-state index in [1.54, 1.807) is 17.8 Å². The number of rotatable bonds is 6. The molecule has 1 nitrogen and oxygen atoms in total. The SMILES string of the molecule is C=CCSc1ccccc1NCc1ccc(F)cc1Cl. The molecule has 2 aromatic rings. The lowest BCUT2D eigenvalue weighted by Gasteiger charge is -2.12. The van der Waals surface area contributed by atoms with Crippen molar-refractivity contribution in [3.8, 4) is 0 Å². The number of halogens is 2. The third-order valence-electron chi connectivity index (χ3n) is 2.73. The molecule has 0 saturated carbocycles. The maximum Gasteiger partial charge on any atom is 0.124 e. The maximum absolute atomic E-state index is 13.0. The van der Waals surface area contributed by atoms with Crippen molar-refractivity contribution in [1.82, 2.24) is 0 Å². The lowest BCUT2D eigenvalue weighted by atomic mass is 10.2. The van der Waals surface area contributed by atoms with E-state index in [4.69, 9.17) is 11.6 Å². The molecule has 0 radical (unpaired) electrons. The summed E-state index contributed by atoms with van der Waals surface area (Å²) in [5.41, 5.74) is 1.91. The first-order chi connectivity index (χ1) is 9.70. The van der Waals surface area contributed by atoms with Gasteiger partial charge < -0.3 is 5.32 Å². The first-order valence-corrected chi connectivity index (χ1v) is 7.57. The number of benzene rings is 2. The highest BCUT2D eigenvalue weighted by Gasteiger charge is 2.04. The summed E-state index contributed by atoms with van der Waals surface area (Å²) in [7, 11) is 0. The Morgan fingerprint density at radius 1 is 1.25 bits per heavy atom. The van der Waals surface area contributed by atoms with E-state index in [0.29, 0.717) is 11.6 Å². The molecule has 0 saturated heterocycles. The Bertz CT molecular complexity index is 601. The first kappa shape index (κ1) is 14.9. The highest BCUT2D eigenvalue weighted by Crippen LogP contribution is 2.28. The lowest BCUT2D eigenvalue weighted by Crippen LogP contribution is -2.01. The number of thioether (sulfide) groups is 1. The number of hydrogen-bond acceptors (Lipinski definition) is 2. The van der Waals surface area contributed by atoms with E-state index in [0.717, 1.165) is 21.9 Å². The normalized spacial score (nSPS) is 10.3. The van der Waals surface area contributed by atoms with Gasteiger partial charge in [-0.3, -0.25) is 0 Å². The molecule has 2 aromatic carbocycles. The monoisotopic (exact) mass is 307 g/mol. The van der Waals surface area contributed by atoms with Crippen LogP contribution in [0.1, 0.15) is 5.56 Å². The third-order valence-corrected chi connectivity index (χ3v) is 4.15. The third kappa shape index (κ3) is 4.02. The van der Waals surface area contributed by atoms with Crippen molar-refractivity contribution in [2.75, 3.05) is 11.1 Å². The second-order valence-corrected chi connectivity index (χ2v) is 5.65. The Morgan fingerprint density at radius 2 is 2.05 bits per heavy atom. The number of para-hydroxylation sites is 1. The summed E-state index contributed by atoms with van der Waals surface area (Å²) >= 11 is 7.74. The van der Waals surface area contributed by atoms with Gasteiger partial charge in [0.2, 0.25) is 0 Å². The van der Waals surface area contributed by atoms with E-state index < -0.39 is 0 Å². The van der Waals surface area contributed by atoms with Gasteiger partial charge in [0.05, 0.1) is 0 Å². The van der Waals surface area contributed by atoms with Gasteiger partial charge in [0.15, 0.2) is 0 Å². The Kier molecular flexibility index (Phi) is 5.50. The van der Waals surface area contributed by atoms with Crippen LogP contribution in [0.3, 0.4) is 0 Å². The molecule has 0 aromatic heterocycles. The largest absolute Gasteiger partial charge is 0.380 e. The van der Waals surface area contributed by atoms with Crippen LogP contribution in [0.5, 0.6) is 0 Å². The van der Waals surface area contributed by atoms with Crippen molar-refractivity contribution in [1.29, 1.82) is 0 Å². The van der Waals surface area contributed by atoms with Crippen molar-refractivity contribution in [2.24, 2.45) is 0 Å². The molecule has 0 spiro atoms. The van der Waals surface area contributed by atoms with Crippen molar-refractivity contribution in [3.63, 3.8) is 0 Å². The first-order valence-electron chi connectivity index (χ1n) is 6.21. The second-order valence-electron chi connectivity index (χ2n) is 4.19. The molecule has 0 fully saturated rings. The molecule has 0 aliphatic heterocycles. The molecule has 0 aliphatic carbocycles. The standard InChI is InChI=1S/C16H15ClFNS/c1-2-9-20-16-6-4-3-5-15(16)19-11-12-7-8-13(18)10-14(12)17/h2-8,10,19H,1,9,11H2. The average Bonchev–Trinajstić information content (AvgIpc) is 2.45. The summed E-state index contributed by atoms with van der Waals surface area (Å²) < 4.78 is 13.0. The van der Waals surface area contributed by atoms with Crippen LogP contribution < -0.4 is 5.32 Å². The molecule has 104 valence electrons. The zero-order valence-electron chi connectivity index (χ0n) is 10.9. The number of anilines is 1. The van der Waals surface area contributed by atoms with Crippen molar-refractivity contribution in [2.45, 2.75) is 11.4 Å². The molecule has 0 amide bonds. The highest BCUT2D eigenvalue weighted by molar-refractivity contribution is 7.99. The van der Waals surface area contributed by atoms with Gasteiger partial charge in [-0.15, -0.1) is 18.3 Å².